The molecule has 6 N–H and O–H groups in total. The average Bonchev–Trinajstić information content (AvgIpc) is 2.99. The minimum absolute atomic E-state index is 0.0352. The SMILES string of the molecule is C=C(O)C(C)(C)C(C)(C)C(=O)NC(C=O)CCC(=O)NC(C)(C)C(C)(C)C(=O)NC(C)C(C)C(=O)NCCCC[C@H](NC(C)(C)C)C(=O)C(C)(C)C. The van der Waals surface area contributed by atoms with E-state index < -0.39 is 57.0 Å². The number of allylic oxidation sites excluding steroid dienone is 1. The summed E-state index contributed by atoms with van der Waals surface area (Å²) in [4.78, 5) is 77.4. The minimum Gasteiger partial charge on any atom is -0.512 e. The van der Waals surface area contributed by atoms with E-state index in [0.29, 0.717) is 25.7 Å². The number of carbonyl (C=O) groups is 6. The summed E-state index contributed by atoms with van der Waals surface area (Å²) >= 11 is 0. The highest BCUT2D eigenvalue weighted by Gasteiger charge is 2.47. The molecule has 0 saturated carbocycles. The Bertz CT molecular complexity index is 1290. The molecule has 0 aromatic heterocycles. The van der Waals surface area contributed by atoms with Crippen molar-refractivity contribution in [3.63, 3.8) is 0 Å². The molecule has 0 heterocycles. The highest BCUT2D eigenvalue weighted by molar-refractivity contribution is 5.89. The fraction of sp³-hybridized carbons (Fsp3) is 0.800. The van der Waals surface area contributed by atoms with Gasteiger partial charge in [0.25, 0.3) is 0 Å². The number of ketones is 1. The normalized spacial score (nSPS) is 15.4. The number of aliphatic hydroxyl groups is 1. The van der Waals surface area contributed by atoms with Gasteiger partial charge >= 0.3 is 0 Å². The zero-order chi connectivity index (χ0) is 41.3. The highest BCUT2D eigenvalue weighted by atomic mass is 16.3. The number of amides is 4. The van der Waals surface area contributed by atoms with Crippen molar-refractivity contribution in [1.29, 1.82) is 0 Å². The third-order valence-electron chi connectivity index (χ3n) is 11.0. The van der Waals surface area contributed by atoms with Gasteiger partial charge < -0.3 is 36.5 Å². The molecule has 52 heavy (non-hydrogen) atoms. The van der Waals surface area contributed by atoms with Gasteiger partial charge in [0.2, 0.25) is 23.6 Å². The third kappa shape index (κ3) is 13.9. The number of hydrogen-bond donors (Lipinski definition) is 6. The Labute approximate surface area is 314 Å². The molecule has 12 nitrogen and oxygen atoms in total. The maximum atomic E-state index is 13.5. The van der Waals surface area contributed by atoms with E-state index >= 15 is 0 Å². The van der Waals surface area contributed by atoms with Crippen molar-refractivity contribution in [3.8, 4) is 0 Å². The quantitative estimate of drug-likeness (QED) is 0.0522. The van der Waals surface area contributed by atoms with Crippen LogP contribution in [0.1, 0.15) is 143 Å². The number of aldehydes is 1. The predicted molar refractivity (Wildman–Crippen MR) is 207 cm³/mol. The van der Waals surface area contributed by atoms with Crippen molar-refractivity contribution in [2.45, 2.75) is 172 Å². The number of Topliss-reactive ketones (excluding diaryl/α,β-unsaturated/α-hetero) is 1. The lowest BCUT2D eigenvalue weighted by atomic mass is 9.66. The molecule has 0 aliphatic carbocycles. The van der Waals surface area contributed by atoms with Crippen LogP contribution in [0.25, 0.3) is 0 Å². The van der Waals surface area contributed by atoms with Crippen molar-refractivity contribution < 1.29 is 33.9 Å². The van der Waals surface area contributed by atoms with Crippen LogP contribution in [0.2, 0.25) is 0 Å². The predicted octanol–water partition coefficient (Wildman–Crippen LogP) is 5.29. The molecule has 0 bridgehead atoms. The minimum atomic E-state index is -1.10. The lowest BCUT2D eigenvalue weighted by Crippen LogP contribution is -2.61. The van der Waals surface area contributed by atoms with Gasteiger partial charge in [-0.2, -0.15) is 0 Å². The topological polar surface area (TPSA) is 183 Å². The molecular weight excluding hydrogens is 662 g/mol. The number of aliphatic hydroxyl groups excluding tert-OH is 1. The Morgan fingerprint density at radius 2 is 1.25 bits per heavy atom. The maximum Gasteiger partial charge on any atom is 0.228 e. The molecule has 0 aromatic carbocycles. The van der Waals surface area contributed by atoms with Crippen molar-refractivity contribution >= 4 is 35.7 Å². The summed E-state index contributed by atoms with van der Waals surface area (Å²) in [5.41, 5.74) is -4.87. The number of hydrogen-bond acceptors (Lipinski definition) is 8. The van der Waals surface area contributed by atoms with Crippen LogP contribution >= 0.6 is 0 Å². The zero-order valence-corrected chi connectivity index (χ0v) is 35.2. The molecule has 12 heteroatoms. The summed E-state index contributed by atoms with van der Waals surface area (Å²) in [7, 11) is 0. The van der Waals surface area contributed by atoms with Crippen molar-refractivity contribution in [3.05, 3.63) is 12.3 Å². The Hall–Kier alpha value is -3.28. The summed E-state index contributed by atoms with van der Waals surface area (Å²) in [5.74, 6) is -1.94. The molecule has 4 atom stereocenters. The summed E-state index contributed by atoms with van der Waals surface area (Å²) < 4.78 is 0. The second-order valence-electron chi connectivity index (χ2n) is 18.6. The first-order valence-electron chi connectivity index (χ1n) is 18.6. The molecule has 4 amide bonds. The molecule has 0 aromatic rings. The van der Waals surface area contributed by atoms with Gasteiger partial charge in [-0.3, -0.25) is 24.0 Å². The lowest BCUT2D eigenvalue weighted by molar-refractivity contribution is -0.138. The van der Waals surface area contributed by atoms with Gasteiger partial charge in [-0.15, -0.1) is 0 Å². The first-order valence-corrected chi connectivity index (χ1v) is 18.6. The fourth-order valence-electron chi connectivity index (χ4n) is 5.20. The molecule has 0 radical (unpaired) electrons. The van der Waals surface area contributed by atoms with E-state index in [1.165, 1.54) is 0 Å². The zero-order valence-electron chi connectivity index (χ0n) is 35.2. The maximum absolute atomic E-state index is 13.5. The first kappa shape index (κ1) is 48.7. The van der Waals surface area contributed by atoms with Crippen LogP contribution in [0.4, 0.5) is 0 Å². The summed E-state index contributed by atoms with van der Waals surface area (Å²) in [5, 5.41) is 24.9. The van der Waals surface area contributed by atoms with Crippen molar-refractivity contribution in [1.82, 2.24) is 26.6 Å². The van der Waals surface area contributed by atoms with E-state index in [4.69, 9.17) is 0 Å². The van der Waals surface area contributed by atoms with Crippen LogP contribution in [0.5, 0.6) is 0 Å². The molecule has 300 valence electrons. The van der Waals surface area contributed by atoms with Crippen LogP contribution in [-0.2, 0) is 28.8 Å². The summed E-state index contributed by atoms with van der Waals surface area (Å²) in [6, 6.07) is -1.71. The molecule has 0 spiro atoms. The molecule has 0 aliphatic rings. The Morgan fingerprint density at radius 1 is 0.731 bits per heavy atom. The van der Waals surface area contributed by atoms with Gasteiger partial charge in [0.15, 0.2) is 5.78 Å². The number of nitrogens with one attached hydrogen (secondary N) is 5. The van der Waals surface area contributed by atoms with Gasteiger partial charge in [0, 0.05) is 40.9 Å². The lowest BCUT2D eigenvalue weighted by Gasteiger charge is -2.42. The smallest absolute Gasteiger partial charge is 0.228 e. The van der Waals surface area contributed by atoms with Crippen LogP contribution in [0.3, 0.4) is 0 Å². The van der Waals surface area contributed by atoms with Gasteiger partial charge in [0.1, 0.15) is 6.29 Å². The summed E-state index contributed by atoms with van der Waals surface area (Å²) in [6.07, 6.45) is 2.65. The number of rotatable bonds is 21. The highest BCUT2D eigenvalue weighted by Crippen LogP contribution is 2.43. The monoisotopic (exact) mass is 736 g/mol. The third-order valence-corrected chi connectivity index (χ3v) is 11.0. The Balaban J connectivity index is 5.15. The van der Waals surface area contributed by atoms with E-state index in [0.717, 1.165) is 6.42 Å². The molecule has 0 fully saturated rings. The van der Waals surface area contributed by atoms with E-state index in [9.17, 15) is 33.9 Å². The van der Waals surface area contributed by atoms with Crippen molar-refractivity contribution in [2.75, 3.05) is 6.54 Å². The average molecular weight is 736 g/mol. The standard InChI is InChI=1S/C40H73N5O7/c1-25(32(50)41-23-19-18-20-29(44-36(7,8)9)31(49)35(4,5)6)26(2)42-34(52)39(14,15)40(16,17)45-30(48)22-21-28(24-46)43-33(51)38(12,13)37(10,11)27(3)47/h24-26,28-29,44,47H,3,18-23H2,1-2,4-17H3,(H,41,50)(H,42,52)(H,43,51)(H,45,48)/t25?,26?,28?,29-/m0/s1. The molecule has 0 aliphatic heterocycles. The Kier molecular flexibility index (Phi) is 17.5. The molecular formula is C40H73N5O7. The second kappa shape index (κ2) is 18.7. The van der Waals surface area contributed by atoms with E-state index in [2.05, 4.69) is 33.2 Å². The fourth-order valence-corrected chi connectivity index (χ4v) is 5.20. The molecule has 0 rings (SSSR count). The van der Waals surface area contributed by atoms with Crippen molar-refractivity contribution in [2.24, 2.45) is 27.6 Å². The van der Waals surface area contributed by atoms with Gasteiger partial charge in [-0.1, -0.05) is 62.0 Å². The van der Waals surface area contributed by atoms with E-state index in [1.54, 1.807) is 69.2 Å². The van der Waals surface area contributed by atoms with Gasteiger partial charge in [-0.05, 0) is 81.1 Å². The van der Waals surface area contributed by atoms with Gasteiger partial charge in [-0.25, -0.2) is 0 Å². The van der Waals surface area contributed by atoms with Crippen LogP contribution in [0.15, 0.2) is 12.3 Å². The van der Waals surface area contributed by atoms with Gasteiger partial charge in [0.05, 0.1) is 34.6 Å². The van der Waals surface area contributed by atoms with Crippen LogP contribution < -0.4 is 26.6 Å². The summed E-state index contributed by atoms with van der Waals surface area (Å²) in [6.45, 7) is 32.9. The first-order chi connectivity index (χ1) is 23.3. The number of carbonyl (C=O) groups excluding carboxylic acids is 6. The Morgan fingerprint density at radius 3 is 1.71 bits per heavy atom. The van der Waals surface area contributed by atoms with Crippen LogP contribution in [-0.4, -0.2) is 76.6 Å². The van der Waals surface area contributed by atoms with Crippen LogP contribution in [0, 0.1) is 27.6 Å². The largest absolute Gasteiger partial charge is 0.512 e. The molecule has 0 saturated heterocycles. The second-order valence-corrected chi connectivity index (χ2v) is 18.6. The number of unbranched alkanes of at least 4 members (excludes halogenated alkanes) is 1. The molecule has 3 unspecified atom stereocenters. The van der Waals surface area contributed by atoms with E-state index in [-0.39, 0.29) is 47.8 Å². The van der Waals surface area contributed by atoms with E-state index in [1.807, 2.05) is 41.5 Å².